The van der Waals surface area contributed by atoms with Crippen LogP contribution in [0.15, 0.2) is 18.2 Å². The molecule has 0 spiro atoms. The van der Waals surface area contributed by atoms with E-state index >= 15 is 0 Å². The van der Waals surface area contributed by atoms with E-state index in [1.165, 1.54) is 0 Å². The van der Waals surface area contributed by atoms with Crippen LogP contribution < -0.4 is 5.32 Å². The van der Waals surface area contributed by atoms with Crippen molar-refractivity contribution >= 4 is 29.1 Å². The minimum Gasteiger partial charge on any atom is -0.383 e. The maximum atomic E-state index is 12.2. The van der Waals surface area contributed by atoms with E-state index in [1.54, 1.807) is 25.3 Å². The molecule has 1 heterocycles. The highest BCUT2D eigenvalue weighted by atomic mass is 35.5. The Morgan fingerprint density at radius 1 is 1.38 bits per heavy atom. The van der Waals surface area contributed by atoms with E-state index in [9.17, 15) is 4.79 Å². The lowest BCUT2D eigenvalue weighted by molar-refractivity contribution is 0.0893. The molecule has 116 valence electrons. The van der Waals surface area contributed by atoms with Crippen LogP contribution in [0.5, 0.6) is 0 Å². The van der Waals surface area contributed by atoms with E-state index in [0.717, 1.165) is 39.1 Å². The third-order valence-corrected chi connectivity index (χ3v) is 4.26. The molecule has 1 amide bonds. The predicted octanol–water partition coefficient (Wildman–Crippen LogP) is 2.83. The number of likely N-dealkylation sites (tertiary alicyclic amines) is 1. The predicted molar refractivity (Wildman–Crippen MR) is 85.3 cm³/mol. The fraction of sp³-hybridized carbons (Fsp3) is 0.533. The zero-order chi connectivity index (χ0) is 15.2. The maximum Gasteiger partial charge on any atom is 0.253 e. The quantitative estimate of drug-likeness (QED) is 0.902. The fourth-order valence-electron chi connectivity index (χ4n) is 2.46. The van der Waals surface area contributed by atoms with Gasteiger partial charge in [0.25, 0.3) is 5.91 Å². The SMILES string of the molecule is COCCN1CCC(NC(=O)c2ccc(Cl)cc2Cl)CC1. The third-order valence-electron chi connectivity index (χ3n) is 3.71. The Bertz CT molecular complexity index is 489. The molecular weight excluding hydrogens is 311 g/mol. The van der Waals surface area contributed by atoms with Crippen LogP contribution in [0.4, 0.5) is 0 Å². The van der Waals surface area contributed by atoms with Gasteiger partial charge in [-0.15, -0.1) is 0 Å². The van der Waals surface area contributed by atoms with Crippen LogP contribution >= 0.6 is 23.2 Å². The molecule has 1 aromatic rings. The van der Waals surface area contributed by atoms with Gasteiger partial charge in [0.1, 0.15) is 0 Å². The summed E-state index contributed by atoms with van der Waals surface area (Å²) >= 11 is 11.9. The Kier molecular flexibility index (Phi) is 6.30. The van der Waals surface area contributed by atoms with Crippen LogP contribution in [-0.2, 0) is 4.74 Å². The van der Waals surface area contributed by atoms with Gasteiger partial charge in [0.2, 0.25) is 0 Å². The average Bonchev–Trinajstić information content (AvgIpc) is 2.46. The van der Waals surface area contributed by atoms with Gasteiger partial charge >= 0.3 is 0 Å². The van der Waals surface area contributed by atoms with Crippen LogP contribution in [-0.4, -0.2) is 50.2 Å². The molecule has 4 nitrogen and oxygen atoms in total. The number of nitrogens with one attached hydrogen (secondary N) is 1. The first-order valence-corrected chi connectivity index (χ1v) is 7.83. The van der Waals surface area contributed by atoms with E-state index in [4.69, 9.17) is 27.9 Å². The smallest absolute Gasteiger partial charge is 0.253 e. The maximum absolute atomic E-state index is 12.2. The minimum atomic E-state index is -0.132. The molecular formula is C15H20Cl2N2O2. The Balaban J connectivity index is 1.84. The van der Waals surface area contributed by atoms with Gasteiger partial charge in [0.15, 0.2) is 0 Å². The number of halogens is 2. The Morgan fingerprint density at radius 3 is 2.71 bits per heavy atom. The van der Waals surface area contributed by atoms with Crippen molar-refractivity contribution in [1.82, 2.24) is 10.2 Å². The fourth-order valence-corrected chi connectivity index (χ4v) is 2.95. The Hall–Kier alpha value is -0.810. The lowest BCUT2D eigenvalue weighted by Gasteiger charge is -2.32. The number of carbonyl (C=O) groups excluding carboxylic acids is 1. The molecule has 1 aliphatic rings. The summed E-state index contributed by atoms with van der Waals surface area (Å²) in [6, 6.07) is 5.12. The molecule has 0 aromatic heterocycles. The third kappa shape index (κ3) is 4.85. The van der Waals surface area contributed by atoms with E-state index in [2.05, 4.69) is 10.2 Å². The summed E-state index contributed by atoms with van der Waals surface area (Å²) < 4.78 is 5.08. The number of amides is 1. The second-order valence-electron chi connectivity index (χ2n) is 5.21. The van der Waals surface area contributed by atoms with Gasteiger partial charge in [0.05, 0.1) is 17.2 Å². The summed E-state index contributed by atoms with van der Waals surface area (Å²) in [5, 5.41) is 3.96. The number of piperidine rings is 1. The van der Waals surface area contributed by atoms with Crippen molar-refractivity contribution in [3.05, 3.63) is 33.8 Å². The zero-order valence-corrected chi connectivity index (χ0v) is 13.6. The molecule has 0 atom stereocenters. The molecule has 0 saturated carbocycles. The van der Waals surface area contributed by atoms with Crippen molar-refractivity contribution in [1.29, 1.82) is 0 Å². The van der Waals surface area contributed by atoms with E-state index in [0.29, 0.717) is 15.6 Å². The molecule has 1 fully saturated rings. The monoisotopic (exact) mass is 330 g/mol. The molecule has 0 unspecified atom stereocenters. The summed E-state index contributed by atoms with van der Waals surface area (Å²) in [6.45, 7) is 3.64. The van der Waals surface area contributed by atoms with Crippen LogP contribution in [0.1, 0.15) is 23.2 Å². The van der Waals surface area contributed by atoms with Crippen molar-refractivity contribution < 1.29 is 9.53 Å². The molecule has 0 bridgehead atoms. The first kappa shape index (κ1) is 16.6. The number of hydrogen-bond donors (Lipinski definition) is 1. The van der Waals surface area contributed by atoms with Crippen molar-refractivity contribution in [2.45, 2.75) is 18.9 Å². The molecule has 1 aromatic carbocycles. The molecule has 2 rings (SSSR count). The molecule has 6 heteroatoms. The molecule has 21 heavy (non-hydrogen) atoms. The first-order valence-electron chi connectivity index (χ1n) is 7.07. The lowest BCUT2D eigenvalue weighted by atomic mass is 10.0. The number of rotatable bonds is 5. The highest BCUT2D eigenvalue weighted by Gasteiger charge is 2.21. The van der Waals surface area contributed by atoms with Crippen LogP contribution in [0, 0.1) is 0 Å². The minimum absolute atomic E-state index is 0.132. The van der Waals surface area contributed by atoms with E-state index in [1.807, 2.05) is 0 Å². The summed E-state index contributed by atoms with van der Waals surface area (Å²) in [5.74, 6) is -0.132. The summed E-state index contributed by atoms with van der Waals surface area (Å²) in [6.07, 6.45) is 1.89. The average molecular weight is 331 g/mol. The topological polar surface area (TPSA) is 41.6 Å². The number of ether oxygens (including phenoxy) is 1. The molecule has 1 N–H and O–H groups in total. The molecule has 1 aliphatic heterocycles. The van der Waals surface area contributed by atoms with E-state index < -0.39 is 0 Å². The number of carbonyl (C=O) groups is 1. The highest BCUT2D eigenvalue weighted by molar-refractivity contribution is 6.36. The Labute approximate surface area is 135 Å². The van der Waals surface area contributed by atoms with Crippen LogP contribution in [0.3, 0.4) is 0 Å². The van der Waals surface area contributed by atoms with Gasteiger partial charge in [-0.05, 0) is 31.0 Å². The van der Waals surface area contributed by atoms with Gasteiger partial charge in [-0.25, -0.2) is 0 Å². The standard InChI is InChI=1S/C15H20Cl2N2O2/c1-21-9-8-19-6-4-12(5-7-19)18-15(20)13-3-2-11(16)10-14(13)17/h2-3,10,12H,4-9H2,1H3,(H,18,20). The van der Waals surface area contributed by atoms with Crippen molar-refractivity contribution in [3.8, 4) is 0 Å². The van der Waals surface area contributed by atoms with Crippen molar-refractivity contribution in [2.24, 2.45) is 0 Å². The number of hydrogen-bond acceptors (Lipinski definition) is 3. The van der Waals surface area contributed by atoms with Crippen LogP contribution in [0.2, 0.25) is 10.0 Å². The van der Waals surface area contributed by atoms with Crippen molar-refractivity contribution in [3.63, 3.8) is 0 Å². The zero-order valence-electron chi connectivity index (χ0n) is 12.1. The van der Waals surface area contributed by atoms with E-state index in [-0.39, 0.29) is 11.9 Å². The molecule has 0 radical (unpaired) electrons. The van der Waals surface area contributed by atoms with Gasteiger partial charge in [-0.3, -0.25) is 4.79 Å². The van der Waals surface area contributed by atoms with Gasteiger partial charge < -0.3 is 15.0 Å². The van der Waals surface area contributed by atoms with Gasteiger partial charge in [0, 0.05) is 37.8 Å². The van der Waals surface area contributed by atoms with Crippen LogP contribution in [0.25, 0.3) is 0 Å². The molecule has 1 saturated heterocycles. The second kappa shape index (κ2) is 7.99. The van der Waals surface area contributed by atoms with Gasteiger partial charge in [-0.2, -0.15) is 0 Å². The molecule has 0 aliphatic carbocycles. The number of methoxy groups -OCH3 is 1. The summed E-state index contributed by atoms with van der Waals surface area (Å²) in [5.41, 5.74) is 0.475. The van der Waals surface area contributed by atoms with Gasteiger partial charge in [-0.1, -0.05) is 23.2 Å². The number of benzene rings is 1. The highest BCUT2D eigenvalue weighted by Crippen LogP contribution is 2.21. The summed E-state index contributed by atoms with van der Waals surface area (Å²) in [7, 11) is 1.71. The normalized spacial score (nSPS) is 16.9. The Morgan fingerprint density at radius 2 is 2.10 bits per heavy atom. The summed E-state index contributed by atoms with van der Waals surface area (Å²) in [4.78, 5) is 14.6. The first-order chi connectivity index (χ1) is 10.1. The largest absolute Gasteiger partial charge is 0.383 e. The number of nitrogens with zero attached hydrogens (tertiary/aromatic N) is 1. The van der Waals surface area contributed by atoms with Crippen molar-refractivity contribution in [2.75, 3.05) is 33.4 Å². The lowest BCUT2D eigenvalue weighted by Crippen LogP contribution is -2.45. The second-order valence-corrected chi connectivity index (χ2v) is 6.05.